The Labute approximate surface area is 143 Å². The zero-order valence-electron chi connectivity index (χ0n) is 14.9. The van der Waals surface area contributed by atoms with Gasteiger partial charge in [-0.1, -0.05) is 24.3 Å². The molecule has 4 heteroatoms. The average molecular weight is 326 g/mol. The molecule has 0 saturated carbocycles. The van der Waals surface area contributed by atoms with E-state index in [4.69, 9.17) is 4.74 Å². The number of hydrogen-bond donors (Lipinski definition) is 1. The number of methoxy groups -OCH3 is 1. The number of carbonyl (C=O) groups is 1. The highest BCUT2D eigenvalue weighted by Crippen LogP contribution is 2.27. The Morgan fingerprint density at radius 2 is 1.92 bits per heavy atom. The van der Waals surface area contributed by atoms with Crippen LogP contribution in [0.3, 0.4) is 0 Å². The minimum atomic E-state index is -0.135. The van der Waals surface area contributed by atoms with Crippen LogP contribution in [0.2, 0.25) is 0 Å². The summed E-state index contributed by atoms with van der Waals surface area (Å²) in [6.45, 7) is 7.90. The van der Waals surface area contributed by atoms with Gasteiger partial charge in [-0.3, -0.25) is 4.79 Å². The van der Waals surface area contributed by atoms with Crippen LogP contribution in [0, 0.1) is 0 Å². The predicted octanol–water partition coefficient (Wildman–Crippen LogP) is 3.16. The van der Waals surface area contributed by atoms with E-state index < -0.39 is 0 Å². The van der Waals surface area contributed by atoms with E-state index in [0.29, 0.717) is 6.04 Å². The molecule has 1 N–H and O–H groups in total. The molecule has 0 aromatic heterocycles. The fraction of sp³-hybridized carbons (Fsp3) is 0.450. The van der Waals surface area contributed by atoms with E-state index in [2.05, 4.69) is 37.4 Å². The van der Waals surface area contributed by atoms with Gasteiger partial charge in [-0.2, -0.15) is 0 Å². The van der Waals surface area contributed by atoms with Crippen LogP contribution in [0.25, 0.3) is 10.8 Å². The third-order valence-electron chi connectivity index (χ3n) is 5.26. The second-order valence-corrected chi connectivity index (χ2v) is 6.71. The molecule has 2 aromatic rings. The van der Waals surface area contributed by atoms with Crippen LogP contribution in [0.1, 0.15) is 32.3 Å². The molecule has 4 nitrogen and oxygen atoms in total. The summed E-state index contributed by atoms with van der Waals surface area (Å²) in [4.78, 5) is 15.0. The summed E-state index contributed by atoms with van der Waals surface area (Å²) < 4.78 is 5.27. The van der Waals surface area contributed by atoms with E-state index in [-0.39, 0.29) is 17.9 Å². The van der Waals surface area contributed by atoms with Crippen LogP contribution in [0.15, 0.2) is 36.4 Å². The van der Waals surface area contributed by atoms with Crippen LogP contribution in [0.4, 0.5) is 0 Å². The van der Waals surface area contributed by atoms with E-state index in [1.165, 1.54) is 0 Å². The first kappa shape index (κ1) is 16.8. The summed E-state index contributed by atoms with van der Waals surface area (Å²) >= 11 is 0. The van der Waals surface area contributed by atoms with E-state index in [1.54, 1.807) is 7.11 Å². The molecule has 3 rings (SSSR count). The molecule has 1 heterocycles. The van der Waals surface area contributed by atoms with E-state index in [9.17, 15) is 4.79 Å². The minimum absolute atomic E-state index is 0.135. The highest BCUT2D eigenvalue weighted by atomic mass is 16.5. The number of nitrogens with one attached hydrogen (secondary N) is 1. The monoisotopic (exact) mass is 326 g/mol. The minimum Gasteiger partial charge on any atom is -0.497 e. The first-order valence-corrected chi connectivity index (χ1v) is 8.63. The van der Waals surface area contributed by atoms with Crippen molar-refractivity contribution in [2.45, 2.75) is 38.8 Å². The van der Waals surface area contributed by atoms with Crippen molar-refractivity contribution in [2.75, 3.05) is 20.2 Å². The number of benzene rings is 2. The third kappa shape index (κ3) is 3.11. The summed E-state index contributed by atoms with van der Waals surface area (Å²) in [5, 5.41) is 5.69. The van der Waals surface area contributed by atoms with Gasteiger partial charge in [-0.05, 0) is 49.2 Å². The van der Waals surface area contributed by atoms with Gasteiger partial charge in [0.2, 0.25) is 5.91 Å². The van der Waals surface area contributed by atoms with Gasteiger partial charge in [0.05, 0.1) is 13.0 Å². The average Bonchev–Trinajstić information content (AvgIpc) is 2.61. The van der Waals surface area contributed by atoms with E-state index in [0.717, 1.165) is 35.2 Å². The topological polar surface area (TPSA) is 41.6 Å². The number of nitrogens with zero attached hydrogens (tertiary/aromatic N) is 1. The standard InChI is InChI=1S/C20H26N2O2/c1-13(20(23)22-10-9-21-14(2)15(22)3)16-5-6-18-12-19(24-4)8-7-17(18)11-16/h5-8,11-15,21H,9-10H2,1-4H3. The lowest BCUT2D eigenvalue weighted by Crippen LogP contribution is -2.57. The second kappa shape index (κ2) is 6.81. The number of rotatable bonds is 3. The van der Waals surface area contributed by atoms with E-state index >= 15 is 0 Å². The lowest BCUT2D eigenvalue weighted by atomic mass is 9.95. The molecule has 3 atom stereocenters. The van der Waals surface area contributed by atoms with Crippen LogP contribution in [-0.4, -0.2) is 43.1 Å². The SMILES string of the molecule is COc1ccc2cc(C(C)C(=O)N3CCNC(C)C3C)ccc2c1. The third-order valence-corrected chi connectivity index (χ3v) is 5.26. The predicted molar refractivity (Wildman–Crippen MR) is 97.6 cm³/mol. The Kier molecular flexibility index (Phi) is 4.76. The molecule has 1 fully saturated rings. The van der Waals surface area contributed by atoms with Gasteiger partial charge >= 0.3 is 0 Å². The molecular weight excluding hydrogens is 300 g/mol. The highest BCUT2D eigenvalue weighted by Gasteiger charge is 2.31. The molecule has 0 bridgehead atoms. The van der Waals surface area contributed by atoms with Gasteiger partial charge in [0.15, 0.2) is 0 Å². The molecule has 1 amide bonds. The number of fused-ring (bicyclic) bond motifs is 1. The molecule has 1 aliphatic rings. The van der Waals surface area contributed by atoms with E-state index in [1.807, 2.05) is 30.0 Å². The maximum atomic E-state index is 13.0. The zero-order valence-corrected chi connectivity index (χ0v) is 14.9. The molecule has 0 spiro atoms. The summed E-state index contributed by atoms with van der Waals surface area (Å²) in [7, 11) is 1.67. The molecule has 24 heavy (non-hydrogen) atoms. The maximum Gasteiger partial charge on any atom is 0.230 e. The van der Waals surface area contributed by atoms with Gasteiger partial charge in [0.25, 0.3) is 0 Å². The number of carbonyl (C=O) groups excluding carboxylic acids is 1. The number of piperazine rings is 1. The number of amides is 1. The van der Waals surface area contributed by atoms with Crippen molar-refractivity contribution in [3.05, 3.63) is 42.0 Å². The van der Waals surface area contributed by atoms with Crippen LogP contribution in [0.5, 0.6) is 5.75 Å². The quantitative estimate of drug-likeness (QED) is 0.942. The zero-order chi connectivity index (χ0) is 17.3. The fourth-order valence-corrected chi connectivity index (χ4v) is 3.40. The molecule has 0 aliphatic carbocycles. The Morgan fingerprint density at radius 1 is 1.21 bits per heavy atom. The summed E-state index contributed by atoms with van der Waals surface area (Å²) in [6.07, 6.45) is 0. The molecule has 3 unspecified atom stereocenters. The summed E-state index contributed by atoms with van der Waals surface area (Å²) in [5.74, 6) is 0.927. The van der Waals surface area contributed by atoms with Gasteiger partial charge < -0.3 is 15.0 Å². The molecule has 128 valence electrons. The first-order chi connectivity index (χ1) is 11.5. The first-order valence-electron chi connectivity index (χ1n) is 8.63. The van der Waals surface area contributed by atoms with Crippen molar-refractivity contribution in [1.82, 2.24) is 10.2 Å². The van der Waals surface area contributed by atoms with Crippen molar-refractivity contribution in [2.24, 2.45) is 0 Å². The Balaban J connectivity index is 1.84. The largest absolute Gasteiger partial charge is 0.497 e. The smallest absolute Gasteiger partial charge is 0.230 e. The Morgan fingerprint density at radius 3 is 2.67 bits per heavy atom. The van der Waals surface area contributed by atoms with Crippen molar-refractivity contribution in [3.63, 3.8) is 0 Å². The molecule has 1 saturated heterocycles. The number of hydrogen-bond acceptors (Lipinski definition) is 3. The van der Waals surface area contributed by atoms with Gasteiger partial charge in [0, 0.05) is 25.2 Å². The van der Waals surface area contributed by atoms with Gasteiger partial charge in [0.1, 0.15) is 5.75 Å². The summed E-state index contributed by atoms with van der Waals surface area (Å²) in [6, 6.07) is 12.8. The van der Waals surface area contributed by atoms with Crippen molar-refractivity contribution >= 4 is 16.7 Å². The Hall–Kier alpha value is -2.07. The maximum absolute atomic E-state index is 13.0. The fourth-order valence-electron chi connectivity index (χ4n) is 3.40. The lowest BCUT2D eigenvalue weighted by molar-refractivity contribution is -0.136. The van der Waals surface area contributed by atoms with Crippen molar-refractivity contribution in [1.29, 1.82) is 0 Å². The van der Waals surface area contributed by atoms with Crippen molar-refractivity contribution in [3.8, 4) is 5.75 Å². The normalized spacial score (nSPS) is 22.4. The molecule has 1 aliphatic heterocycles. The molecular formula is C20H26N2O2. The molecule has 2 aromatic carbocycles. The molecule has 0 radical (unpaired) electrons. The lowest BCUT2D eigenvalue weighted by Gasteiger charge is -2.40. The van der Waals surface area contributed by atoms with Gasteiger partial charge in [-0.15, -0.1) is 0 Å². The van der Waals surface area contributed by atoms with Crippen LogP contribution < -0.4 is 10.1 Å². The second-order valence-electron chi connectivity index (χ2n) is 6.71. The van der Waals surface area contributed by atoms with Gasteiger partial charge in [-0.25, -0.2) is 0 Å². The van der Waals surface area contributed by atoms with Crippen molar-refractivity contribution < 1.29 is 9.53 Å². The highest BCUT2D eigenvalue weighted by molar-refractivity contribution is 5.88. The van der Waals surface area contributed by atoms with Crippen LogP contribution in [-0.2, 0) is 4.79 Å². The van der Waals surface area contributed by atoms with Crippen LogP contribution >= 0.6 is 0 Å². The summed E-state index contributed by atoms with van der Waals surface area (Å²) in [5.41, 5.74) is 1.07. The Bertz CT molecular complexity index is 743. The number of ether oxygens (including phenoxy) is 1.